The van der Waals surface area contributed by atoms with Crippen molar-refractivity contribution in [2.45, 2.75) is 11.5 Å². The number of hydrogen-bond donors (Lipinski definition) is 3. The monoisotopic (exact) mass is 500 g/mol. The number of rotatable bonds is 6. The van der Waals surface area contributed by atoms with Crippen LogP contribution in [-0.4, -0.2) is 51.5 Å². The van der Waals surface area contributed by atoms with E-state index in [0.29, 0.717) is 28.2 Å². The van der Waals surface area contributed by atoms with Crippen LogP contribution >= 0.6 is 0 Å². The average molecular weight is 501 g/mol. The Kier molecular flexibility index (Phi) is 6.18. The molecule has 7 nitrogen and oxygen atoms in total. The van der Waals surface area contributed by atoms with Gasteiger partial charge in [-0.15, -0.1) is 0 Å². The standard InChI is InChI=1S/C28H26F2N6O/c1-3-7-21(24(31)32-2)25-35-23-15-14-22(18-8-5-4-6-9-18)34-26(23)36(25)20-12-10-19(11-13-20)27(37)16-33-17-28(27,29)30/h3-15,33,37H,1,16-17H2,2H3,(H2,31,32)/b21-7+. The second kappa shape index (κ2) is 9.34. The van der Waals surface area contributed by atoms with Gasteiger partial charge in [-0.3, -0.25) is 9.56 Å². The molecule has 4 N–H and O–H groups in total. The van der Waals surface area contributed by atoms with Gasteiger partial charge in [0.15, 0.2) is 17.1 Å². The highest BCUT2D eigenvalue weighted by atomic mass is 19.3. The predicted molar refractivity (Wildman–Crippen MR) is 142 cm³/mol. The lowest BCUT2D eigenvalue weighted by Crippen LogP contribution is -2.44. The first-order valence-electron chi connectivity index (χ1n) is 11.7. The van der Waals surface area contributed by atoms with Crippen molar-refractivity contribution < 1.29 is 13.9 Å². The van der Waals surface area contributed by atoms with Gasteiger partial charge in [-0.2, -0.15) is 0 Å². The van der Waals surface area contributed by atoms with Gasteiger partial charge in [0.1, 0.15) is 11.4 Å². The molecule has 37 heavy (non-hydrogen) atoms. The normalized spacial score (nSPS) is 19.9. The van der Waals surface area contributed by atoms with Crippen molar-refractivity contribution >= 4 is 22.6 Å². The minimum atomic E-state index is -3.29. The van der Waals surface area contributed by atoms with Crippen LogP contribution in [0.3, 0.4) is 0 Å². The fraction of sp³-hybridized carbons (Fsp3) is 0.179. The topological polar surface area (TPSA) is 101 Å². The number of amidine groups is 1. The zero-order valence-corrected chi connectivity index (χ0v) is 20.2. The fourth-order valence-corrected chi connectivity index (χ4v) is 4.54. The molecule has 2 aromatic heterocycles. The van der Waals surface area contributed by atoms with Crippen molar-refractivity contribution in [2.24, 2.45) is 10.7 Å². The van der Waals surface area contributed by atoms with Crippen molar-refractivity contribution in [3.8, 4) is 16.9 Å². The molecule has 1 aliphatic rings. The summed E-state index contributed by atoms with van der Waals surface area (Å²) in [5.74, 6) is -2.57. The van der Waals surface area contributed by atoms with Crippen LogP contribution in [0.5, 0.6) is 0 Å². The number of nitrogens with one attached hydrogen (secondary N) is 1. The smallest absolute Gasteiger partial charge is 0.293 e. The van der Waals surface area contributed by atoms with E-state index in [-0.39, 0.29) is 17.9 Å². The molecule has 1 unspecified atom stereocenters. The molecule has 0 aliphatic carbocycles. The maximum absolute atomic E-state index is 14.5. The molecular formula is C28H26F2N6O. The Morgan fingerprint density at radius 1 is 1.08 bits per heavy atom. The van der Waals surface area contributed by atoms with Gasteiger partial charge in [0.25, 0.3) is 5.92 Å². The zero-order valence-electron chi connectivity index (χ0n) is 20.2. The van der Waals surface area contributed by atoms with Crippen molar-refractivity contribution in [3.63, 3.8) is 0 Å². The van der Waals surface area contributed by atoms with E-state index in [2.05, 4.69) is 16.9 Å². The zero-order chi connectivity index (χ0) is 26.2. The molecule has 2 aromatic carbocycles. The van der Waals surface area contributed by atoms with Crippen LogP contribution in [0.25, 0.3) is 33.7 Å². The van der Waals surface area contributed by atoms with Gasteiger partial charge in [0, 0.05) is 24.8 Å². The number of aliphatic hydroxyl groups is 1. The number of pyridine rings is 1. The molecule has 9 heteroatoms. The summed E-state index contributed by atoms with van der Waals surface area (Å²) in [6.07, 6.45) is 3.30. The summed E-state index contributed by atoms with van der Waals surface area (Å²) in [6.45, 7) is 2.96. The molecule has 0 radical (unpaired) electrons. The first-order valence-corrected chi connectivity index (χ1v) is 11.7. The Morgan fingerprint density at radius 3 is 2.43 bits per heavy atom. The van der Waals surface area contributed by atoms with Crippen molar-refractivity contribution in [2.75, 3.05) is 20.1 Å². The van der Waals surface area contributed by atoms with Crippen molar-refractivity contribution in [3.05, 3.63) is 96.8 Å². The molecule has 0 saturated carbocycles. The first kappa shape index (κ1) is 24.5. The molecule has 0 bridgehead atoms. The van der Waals surface area contributed by atoms with Gasteiger partial charge >= 0.3 is 0 Å². The number of nitrogens with two attached hydrogens (primary N) is 1. The highest BCUT2D eigenvalue weighted by molar-refractivity contribution is 6.21. The van der Waals surface area contributed by atoms with Gasteiger partial charge in [-0.25, -0.2) is 18.7 Å². The van der Waals surface area contributed by atoms with E-state index >= 15 is 0 Å². The largest absolute Gasteiger partial charge is 0.383 e. The van der Waals surface area contributed by atoms with Crippen LogP contribution in [0, 0.1) is 0 Å². The second-order valence-corrected chi connectivity index (χ2v) is 8.82. The first-order chi connectivity index (χ1) is 17.8. The summed E-state index contributed by atoms with van der Waals surface area (Å²) in [5.41, 5.74) is 8.02. The van der Waals surface area contributed by atoms with Gasteiger partial charge in [0.05, 0.1) is 17.8 Å². The van der Waals surface area contributed by atoms with Crippen molar-refractivity contribution in [1.82, 2.24) is 19.9 Å². The van der Waals surface area contributed by atoms with E-state index in [9.17, 15) is 13.9 Å². The number of nitrogens with zero attached hydrogens (tertiary/aromatic N) is 4. The summed E-state index contributed by atoms with van der Waals surface area (Å²) < 4.78 is 30.7. The Balaban J connectivity index is 1.72. The second-order valence-electron chi connectivity index (χ2n) is 8.82. The number of hydrogen-bond acceptors (Lipinski definition) is 5. The van der Waals surface area contributed by atoms with E-state index < -0.39 is 18.1 Å². The minimum Gasteiger partial charge on any atom is -0.383 e. The fourth-order valence-electron chi connectivity index (χ4n) is 4.54. The van der Waals surface area contributed by atoms with Crippen LogP contribution < -0.4 is 11.1 Å². The number of fused-ring (bicyclic) bond motifs is 1. The van der Waals surface area contributed by atoms with E-state index in [1.165, 1.54) is 12.1 Å². The molecule has 1 saturated heterocycles. The van der Waals surface area contributed by atoms with Gasteiger partial charge < -0.3 is 16.2 Å². The third-order valence-electron chi connectivity index (χ3n) is 6.55. The molecule has 4 aromatic rings. The van der Waals surface area contributed by atoms with Crippen LogP contribution in [0.2, 0.25) is 0 Å². The molecule has 0 amide bonds. The summed E-state index contributed by atoms with van der Waals surface area (Å²) in [4.78, 5) is 13.8. The Bertz CT molecular complexity index is 1530. The minimum absolute atomic E-state index is 0.117. The van der Waals surface area contributed by atoms with E-state index in [0.717, 1.165) is 11.3 Å². The Labute approximate surface area is 212 Å². The maximum Gasteiger partial charge on any atom is 0.293 e. The number of imidazole rings is 1. The summed E-state index contributed by atoms with van der Waals surface area (Å²) in [5, 5.41) is 13.3. The van der Waals surface area contributed by atoms with Crippen molar-refractivity contribution in [1.29, 1.82) is 0 Å². The quantitative estimate of drug-likeness (QED) is 0.211. The van der Waals surface area contributed by atoms with E-state index in [1.807, 2.05) is 42.5 Å². The van der Waals surface area contributed by atoms with E-state index in [4.69, 9.17) is 15.7 Å². The van der Waals surface area contributed by atoms with Gasteiger partial charge in [-0.05, 0) is 35.9 Å². The number of aromatic nitrogens is 3. The average Bonchev–Trinajstić information content (AvgIpc) is 3.43. The summed E-state index contributed by atoms with van der Waals surface area (Å²) in [6, 6.07) is 19.8. The number of aliphatic imine (C=N–C) groups is 1. The Hall–Kier alpha value is -4.21. The molecular weight excluding hydrogens is 474 g/mol. The SMILES string of the molecule is C=C/C=C(\C(N)=NC)c1nc2ccc(-c3ccccc3)nc2n1-c1ccc(C2(O)CNCC2(F)F)cc1. The lowest BCUT2D eigenvalue weighted by molar-refractivity contribution is -0.151. The third-order valence-corrected chi connectivity index (χ3v) is 6.55. The van der Waals surface area contributed by atoms with Crippen LogP contribution in [-0.2, 0) is 5.60 Å². The Morgan fingerprint density at radius 2 is 1.81 bits per heavy atom. The predicted octanol–water partition coefficient (Wildman–Crippen LogP) is 4.07. The molecule has 0 spiro atoms. The number of benzene rings is 2. The lowest BCUT2D eigenvalue weighted by atomic mass is 9.90. The molecule has 1 aliphatic heterocycles. The summed E-state index contributed by atoms with van der Waals surface area (Å²) >= 11 is 0. The molecule has 188 valence electrons. The lowest BCUT2D eigenvalue weighted by Gasteiger charge is -2.29. The molecule has 1 atom stereocenters. The third kappa shape index (κ3) is 4.12. The highest BCUT2D eigenvalue weighted by Crippen LogP contribution is 2.41. The molecule has 1 fully saturated rings. The van der Waals surface area contributed by atoms with Gasteiger partial charge in [0.2, 0.25) is 0 Å². The maximum atomic E-state index is 14.5. The van der Waals surface area contributed by atoms with Crippen LogP contribution in [0.15, 0.2) is 90.5 Å². The summed E-state index contributed by atoms with van der Waals surface area (Å²) in [7, 11) is 1.58. The van der Waals surface area contributed by atoms with Crippen LogP contribution in [0.1, 0.15) is 11.4 Å². The number of alkyl halides is 2. The van der Waals surface area contributed by atoms with Gasteiger partial charge in [-0.1, -0.05) is 55.1 Å². The van der Waals surface area contributed by atoms with Crippen LogP contribution in [0.4, 0.5) is 8.78 Å². The molecule has 5 rings (SSSR count). The number of allylic oxidation sites excluding steroid dienone is 2. The number of halogens is 2. The molecule has 3 heterocycles. The van der Waals surface area contributed by atoms with E-state index in [1.54, 1.807) is 35.9 Å². The number of β-amino-alcohol motifs (C(OH)–C–C–N with tert-alkyl or cyclic N) is 1. The highest BCUT2D eigenvalue weighted by Gasteiger charge is 2.57.